The van der Waals surface area contributed by atoms with Gasteiger partial charge in [0, 0.05) is 35.1 Å². The van der Waals surface area contributed by atoms with E-state index in [-0.39, 0.29) is 5.63 Å². The first-order valence-corrected chi connectivity index (χ1v) is 8.98. The first-order valence-electron chi connectivity index (χ1n) is 8.19. The second-order valence-electron chi connectivity index (χ2n) is 6.35. The van der Waals surface area contributed by atoms with Gasteiger partial charge in [-0.3, -0.25) is 4.90 Å². The molecule has 122 valence electrons. The molecule has 1 aromatic heterocycles. The molecule has 4 rings (SSSR count). The summed E-state index contributed by atoms with van der Waals surface area (Å²) < 4.78 is 6.27. The third-order valence-corrected chi connectivity index (χ3v) is 4.95. The average Bonchev–Trinajstić information content (AvgIpc) is 3.39. The Morgan fingerprint density at radius 3 is 2.58 bits per heavy atom. The molecule has 0 radical (unpaired) electrons. The molecule has 0 amide bonds. The molecule has 24 heavy (non-hydrogen) atoms. The Balaban J connectivity index is 1.67. The molecule has 0 N–H and O–H groups in total. The Morgan fingerprint density at radius 2 is 1.83 bits per heavy atom. The van der Waals surface area contributed by atoms with Crippen LogP contribution in [0.3, 0.4) is 0 Å². The zero-order chi connectivity index (χ0) is 16.5. The maximum Gasteiger partial charge on any atom is 0.336 e. The van der Waals surface area contributed by atoms with Gasteiger partial charge in [-0.1, -0.05) is 46.3 Å². The summed E-state index contributed by atoms with van der Waals surface area (Å²) in [5.41, 5.74) is 2.70. The van der Waals surface area contributed by atoms with Gasteiger partial charge in [0.1, 0.15) is 5.58 Å². The van der Waals surface area contributed by atoms with E-state index in [4.69, 9.17) is 4.42 Å². The van der Waals surface area contributed by atoms with Crippen LogP contribution in [0.2, 0.25) is 0 Å². The molecule has 1 aliphatic carbocycles. The normalized spacial score (nSPS) is 14.4. The van der Waals surface area contributed by atoms with Crippen molar-refractivity contribution in [2.75, 3.05) is 0 Å². The molecule has 1 saturated carbocycles. The largest absolute Gasteiger partial charge is 0.423 e. The molecular formula is C20H18BrNO2. The lowest BCUT2D eigenvalue weighted by atomic mass is 10.1. The Morgan fingerprint density at radius 1 is 1.04 bits per heavy atom. The number of halogens is 1. The van der Waals surface area contributed by atoms with E-state index in [0.29, 0.717) is 11.6 Å². The summed E-state index contributed by atoms with van der Waals surface area (Å²) in [6.45, 7) is 1.67. The molecule has 0 unspecified atom stereocenters. The highest BCUT2D eigenvalue weighted by molar-refractivity contribution is 9.10. The smallest absolute Gasteiger partial charge is 0.336 e. The Hall–Kier alpha value is -1.91. The fourth-order valence-electron chi connectivity index (χ4n) is 3.13. The van der Waals surface area contributed by atoms with Crippen LogP contribution >= 0.6 is 15.9 Å². The van der Waals surface area contributed by atoms with E-state index < -0.39 is 0 Å². The first kappa shape index (κ1) is 15.6. The van der Waals surface area contributed by atoms with Gasteiger partial charge in [0.15, 0.2) is 0 Å². The number of rotatable bonds is 5. The van der Waals surface area contributed by atoms with E-state index in [1.54, 1.807) is 6.07 Å². The molecule has 1 fully saturated rings. The van der Waals surface area contributed by atoms with Crippen LogP contribution in [0.1, 0.15) is 24.0 Å². The van der Waals surface area contributed by atoms with E-state index in [0.717, 1.165) is 28.5 Å². The fraction of sp³-hybridized carbons (Fsp3) is 0.250. The minimum atomic E-state index is -0.286. The van der Waals surface area contributed by atoms with Crippen molar-refractivity contribution in [2.24, 2.45) is 0 Å². The molecular weight excluding hydrogens is 366 g/mol. The molecule has 0 atom stereocenters. The fourth-order valence-corrected chi connectivity index (χ4v) is 3.47. The van der Waals surface area contributed by atoms with Crippen LogP contribution in [0, 0.1) is 0 Å². The van der Waals surface area contributed by atoms with E-state index >= 15 is 0 Å². The Bertz CT molecular complexity index is 916. The van der Waals surface area contributed by atoms with Crippen LogP contribution < -0.4 is 5.63 Å². The topological polar surface area (TPSA) is 33.5 Å². The zero-order valence-corrected chi connectivity index (χ0v) is 14.8. The van der Waals surface area contributed by atoms with Crippen LogP contribution in [0.15, 0.2) is 68.3 Å². The van der Waals surface area contributed by atoms with Crippen molar-refractivity contribution >= 4 is 26.9 Å². The number of benzene rings is 2. The van der Waals surface area contributed by atoms with Crippen LogP contribution in [0.25, 0.3) is 11.0 Å². The van der Waals surface area contributed by atoms with Crippen molar-refractivity contribution in [1.29, 1.82) is 0 Å². The predicted octanol–water partition coefficient (Wildman–Crippen LogP) is 4.72. The standard InChI is InChI=1S/C20H18BrNO2/c21-16-6-9-18-15(10-20(23)24-19(18)11-16)13-22(17-7-8-17)12-14-4-2-1-3-5-14/h1-6,9-11,17H,7-8,12-13H2. The first-order chi connectivity index (χ1) is 11.7. The van der Waals surface area contributed by atoms with Gasteiger partial charge < -0.3 is 4.42 Å². The second kappa shape index (κ2) is 6.54. The van der Waals surface area contributed by atoms with Crippen molar-refractivity contribution in [3.8, 4) is 0 Å². The van der Waals surface area contributed by atoms with Gasteiger partial charge in [-0.2, -0.15) is 0 Å². The second-order valence-corrected chi connectivity index (χ2v) is 7.27. The summed E-state index contributed by atoms with van der Waals surface area (Å²) >= 11 is 3.44. The van der Waals surface area contributed by atoms with E-state index in [1.165, 1.54) is 18.4 Å². The van der Waals surface area contributed by atoms with Gasteiger partial charge in [0.2, 0.25) is 0 Å². The average molecular weight is 384 g/mol. The lowest BCUT2D eigenvalue weighted by Crippen LogP contribution is -2.25. The van der Waals surface area contributed by atoms with Crippen LogP contribution in [-0.4, -0.2) is 10.9 Å². The van der Waals surface area contributed by atoms with Crippen molar-refractivity contribution in [3.63, 3.8) is 0 Å². The molecule has 0 spiro atoms. The zero-order valence-electron chi connectivity index (χ0n) is 13.2. The van der Waals surface area contributed by atoms with Gasteiger partial charge in [-0.05, 0) is 42.2 Å². The maximum absolute atomic E-state index is 11.9. The van der Waals surface area contributed by atoms with E-state index in [9.17, 15) is 4.79 Å². The summed E-state index contributed by atoms with van der Waals surface area (Å²) in [6.07, 6.45) is 2.47. The highest BCUT2D eigenvalue weighted by Gasteiger charge is 2.29. The molecule has 3 nitrogen and oxygen atoms in total. The molecule has 1 aliphatic rings. The van der Waals surface area contributed by atoms with Crippen LogP contribution in [0.5, 0.6) is 0 Å². The summed E-state index contributed by atoms with van der Waals surface area (Å²) in [7, 11) is 0. The summed E-state index contributed by atoms with van der Waals surface area (Å²) in [5, 5.41) is 1.01. The quantitative estimate of drug-likeness (QED) is 0.597. The van der Waals surface area contributed by atoms with Crippen molar-refractivity contribution in [1.82, 2.24) is 4.90 Å². The Kier molecular flexibility index (Phi) is 4.25. The molecule has 0 saturated heterocycles. The van der Waals surface area contributed by atoms with Gasteiger partial charge in [0.05, 0.1) is 0 Å². The van der Waals surface area contributed by atoms with Crippen molar-refractivity contribution in [3.05, 3.63) is 80.6 Å². The maximum atomic E-state index is 11.9. The van der Waals surface area contributed by atoms with Gasteiger partial charge in [-0.25, -0.2) is 4.79 Å². The molecule has 3 aromatic rings. The molecule has 4 heteroatoms. The highest BCUT2D eigenvalue weighted by Crippen LogP contribution is 2.31. The minimum absolute atomic E-state index is 0.286. The molecule has 1 heterocycles. The molecule has 0 bridgehead atoms. The predicted molar refractivity (Wildman–Crippen MR) is 98.9 cm³/mol. The lowest BCUT2D eigenvalue weighted by molar-refractivity contribution is 0.246. The monoisotopic (exact) mass is 383 g/mol. The third-order valence-electron chi connectivity index (χ3n) is 4.46. The molecule has 2 aromatic carbocycles. The SMILES string of the molecule is O=c1cc(CN(Cc2ccccc2)C2CC2)c2ccc(Br)cc2o1. The summed E-state index contributed by atoms with van der Waals surface area (Å²) in [4.78, 5) is 14.4. The number of hydrogen-bond acceptors (Lipinski definition) is 3. The number of hydrogen-bond donors (Lipinski definition) is 0. The lowest BCUT2D eigenvalue weighted by Gasteiger charge is -2.22. The van der Waals surface area contributed by atoms with Crippen molar-refractivity contribution in [2.45, 2.75) is 32.0 Å². The Labute approximate surface area is 149 Å². The summed E-state index contributed by atoms with van der Waals surface area (Å²) in [5.74, 6) is 0. The van der Waals surface area contributed by atoms with Gasteiger partial charge >= 0.3 is 5.63 Å². The molecule has 0 aliphatic heterocycles. The van der Waals surface area contributed by atoms with Crippen LogP contribution in [0.4, 0.5) is 0 Å². The summed E-state index contributed by atoms with van der Waals surface area (Å²) in [6, 6.07) is 18.6. The van der Waals surface area contributed by atoms with E-state index in [2.05, 4.69) is 45.1 Å². The van der Waals surface area contributed by atoms with E-state index in [1.807, 2.05) is 24.3 Å². The number of fused-ring (bicyclic) bond motifs is 1. The van der Waals surface area contributed by atoms with Crippen LogP contribution in [-0.2, 0) is 13.1 Å². The minimum Gasteiger partial charge on any atom is -0.423 e. The highest BCUT2D eigenvalue weighted by atomic mass is 79.9. The van der Waals surface area contributed by atoms with Gasteiger partial charge in [0.25, 0.3) is 0 Å². The van der Waals surface area contributed by atoms with Crippen molar-refractivity contribution < 1.29 is 4.42 Å². The third kappa shape index (κ3) is 3.45. The van der Waals surface area contributed by atoms with Gasteiger partial charge in [-0.15, -0.1) is 0 Å². The number of nitrogens with zero attached hydrogens (tertiary/aromatic N) is 1.